The van der Waals surface area contributed by atoms with Crippen LogP contribution >= 0.6 is 15.9 Å². The van der Waals surface area contributed by atoms with Crippen LogP contribution in [0.15, 0.2) is 34.9 Å². The zero-order chi connectivity index (χ0) is 20.1. The molecule has 6 nitrogen and oxygen atoms in total. The Balaban J connectivity index is 1.80. The van der Waals surface area contributed by atoms with E-state index in [-0.39, 0.29) is 5.04 Å². The minimum Gasteiger partial charge on any atom is -0.408 e. The second kappa shape index (κ2) is 6.79. The molecule has 0 saturated carbocycles. The first-order valence-electron chi connectivity index (χ1n) is 9.08. The summed E-state index contributed by atoms with van der Waals surface area (Å²) in [5.74, 6) is 0.735. The van der Waals surface area contributed by atoms with Gasteiger partial charge in [-0.1, -0.05) is 32.9 Å². The van der Waals surface area contributed by atoms with Crippen LogP contribution in [0.2, 0.25) is 5.04 Å². The molecule has 1 aromatic carbocycles. The zero-order valence-corrected chi connectivity index (χ0v) is 19.1. The number of para-hydroxylation sites is 1. The van der Waals surface area contributed by atoms with Crippen molar-refractivity contribution in [3.05, 3.63) is 40.5 Å². The molecule has 3 heterocycles. The van der Waals surface area contributed by atoms with E-state index in [9.17, 15) is 0 Å². The molecule has 0 unspecified atom stereocenters. The summed E-state index contributed by atoms with van der Waals surface area (Å²) in [6.45, 7) is 10.8. The van der Waals surface area contributed by atoms with Gasteiger partial charge in [0.05, 0.1) is 22.0 Å². The van der Waals surface area contributed by atoms with E-state index in [1.165, 1.54) is 0 Å². The second-order valence-corrected chi connectivity index (χ2v) is 11.2. The van der Waals surface area contributed by atoms with Crippen LogP contribution in [-0.2, 0) is 10.0 Å². The van der Waals surface area contributed by atoms with Crippen molar-refractivity contribution in [1.29, 1.82) is 0 Å². The number of nitrogens with one attached hydrogen (secondary N) is 2. The summed E-state index contributed by atoms with van der Waals surface area (Å²) in [5.41, 5.74) is 3.97. The Morgan fingerprint density at radius 1 is 1.14 bits per heavy atom. The lowest BCUT2D eigenvalue weighted by Gasteiger charge is -2.29. The Bertz CT molecular complexity index is 1160. The van der Waals surface area contributed by atoms with Gasteiger partial charge in [0, 0.05) is 16.2 Å². The van der Waals surface area contributed by atoms with E-state index in [2.05, 4.69) is 76.8 Å². The first-order valence-corrected chi connectivity index (χ1v) is 10.8. The first kappa shape index (κ1) is 19.3. The molecule has 2 N–H and O–H groups in total. The Hall–Kier alpha value is -2.03. The van der Waals surface area contributed by atoms with Crippen molar-refractivity contribution in [3.63, 3.8) is 0 Å². The van der Waals surface area contributed by atoms with Crippen molar-refractivity contribution in [3.8, 4) is 11.5 Å². The normalized spacial score (nSPS) is 12.9. The Labute approximate surface area is 174 Å². The molecule has 3 aromatic heterocycles. The van der Waals surface area contributed by atoms with Crippen LogP contribution in [0.25, 0.3) is 33.6 Å². The van der Waals surface area contributed by atoms with E-state index in [0.29, 0.717) is 15.4 Å². The van der Waals surface area contributed by atoms with Gasteiger partial charge < -0.3 is 9.41 Å². The van der Waals surface area contributed by atoms with E-state index in [1.807, 2.05) is 18.2 Å². The van der Waals surface area contributed by atoms with Crippen LogP contribution in [0.3, 0.4) is 0 Å². The molecule has 2 radical (unpaired) electrons. The van der Waals surface area contributed by atoms with E-state index in [0.717, 1.165) is 38.0 Å². The lowest BCUT2D eigenvalue weighted by Crippen LogP contribution is -2.27. The highest BCUT2D eigenvalue weighted by Crippen LogP contribution is 2.34. The molecule has 0 atom stereocenters. The van der Waals surface area contributed by atoms with Gasteiger partial charge in [0.15, 0.2) is 11.5 Å². The number of aromatic amines is 2. The highest BCUT2D eigenvalue weighted by atomic mass is 79.9. The molecule has 144 valence electrons. The summed E-state index contributed by atoms with van der Waals surface area (Å²) in [6, 6.07) is 8.15. The average molecular weight is 456 g/mol. The third kappa shape index (κ3) is 3.64. The van der Waals surface area contributed by atoms with E-state index in [1.54, 1.807) is 6.20 Å². The molecule has 0 bridgehead atoms. The van der Waals surface area contributed by atoms with Crippen molar-refractivity contribution in [2.24, 2.45) is 0 Å². The van der Waals surface area contributed by atoms with Crippen molar-refractivity contribution in [1.82, 2.24) is 25.1 Å². The van der Waals surface area contributed by atoms with Crippen LogP contribution < -0.4 is 0 Å². The van der Waals surface area contributed by atoms with E-state index >= 15 is 0 Å². The van der Waals surface area contributed by atoms with E-state index in [4.69, 9.17) is 9.41 Å². The van der Waals surface area contributed by atoms with Crippen molar-refractivity contribution < 1.29 is 4.43 Å². The first-order chi connectivity index (χ1) is 13.1. The standard InChI is InChI=1S/C20H22BrN5OSi/c1-19(2,3)28-27-20(4,5)13-7-6-8-14-16(13)24-18(23-14)15-12-9-11(21)10-22-17(12)26-25-15/h6-10H,1-5H3,(H,23,24)(H,22,25,26). The number of imidazole rings is 1. The maximum Gasteiger partial charge on any atom is 0.236 e. The highest BCUT2D eigenvalue weighted by Gasteiger charge is 2.28. The van der Waals surface area contributed by atoms with Gasteiger partial charge in [-0.25, -0.2) is 9.97 Å². The van der Waals surface area contributed by atoms with Crippen molar-refractivity contribution in [2.45, 2.75) is 45.3 Å². The van der Waals surface area contributed by atoms with Crippen LogP contribution in [0.4, 0.5) is 0 Å². The number of benzene rings is 1. The molecule has 8 heteroatoms. The van der Waals surface area contributed by atoms with Gasteiger partial charge in [-0.05, 0) is 46.9 Å². The number of hydrogen-bond donors (Lipinski definition) is 2. The van der Waals surface area contributed by atoms with Gasteiger partial charge in [-0.3, -0.25) is 5.10 Å². The van der Waals surface area contributed by atoms with Gasteiger partial charge in [0.1, 0.15) is 5.69 Å². The summed E-state index contributed by atoms with van der Waals surface area (Å²) in [4.78, 5) is 12.6. The fraction of sp³-hybridized carbons (Fsp3) is 0.350. The van der Waals surface area contributed by atoms with Gasteiger partial charge in [-0.2, -0.15) is 5.10 Å². The molecule has 0 aliphatic carbocycles. The monoisotopic (exact) mass is 455 g/mol. The Kier molecular flexibility index (Phi) is 4.68. The van der Waals surface area contributed by atoms with Crippen molar-refractivity contribution in [2.75, 3.05) is 0 Å². The van der Waals surface area contributed by atoms with Gasteiger partial charge in [-0.15, -0.1) is 0 Å². The third-order valence-electron chi connectivity index (χ3n) is 4.39. The number of rotatable bonds is 4. The van der Waals surface area contributed by atoms with Gasteiger partial charge in [0.2, 0.25) is 9.76 Å². The van der Waals surface area contributed by atoms with Crippen LogP contribution in [0.1, 0.15) is 40.2 Å². The minimum atomic E-state index is -0.446. The molecule has 4 rings (SSSR count). The largest absolute Gasteiger partial charge is 0.408 e. The number of aromatic nitrogens is 5. The van der Waals surface area contributed by atoms with Crippen LogP contribution in [0.5, 0.6) is 0 Å². The molecule has 0 fully saturated rings. The van der Waals surface area contributed by atoms with E-state index < -0.39 is 5.60 Å². The Morgan fingerprint density at radius 3 is 2.68 bits per heavy atom. The lowest BCUT2D eigenvalue weighted by atomic mass is 9.97. The van der Waals surface area contributed by atoms with Crippen molar-refractivity contribution >= 4 is 47.8 Å². The van der Waals surface area contributed by atoms with Gasteiger partial charge >= 0.3 is 0 Å². The summed E-state index contributed by atoms with van der Waals surface area (Å²) in [7, 11) is 0.392. The molecule has 28 heavy (non-hydrogen) atoms. The number of nitrogens with zero attached hydrogens (tertiary/aromatic N) is 3. The molecule has 0 aliphatic rings. The van der Waals surface area contributed by atoms with Gasteiger partial charge in [0.25, 0.3) is 0 Å². The average Bonchev–Trinajstić information content (AvgIpc) is 3.22. The molecule has 0 aliphatic heterocycles. The second-order valence-electron chi connectivity index (χ2n) is 8.37. The highest BCUT2D eigenvalue weighted by molar-refractivity contribution is 9.10. The predicted octanol–water partition coefficient (Wildman–Crippen LogP) is 5.35. The molecule has 4 aromatic rings. The number of hydrogen-bond acceptors (Lipinski definition) is 4. The fourth-order valence-corrected chi connectivity index (χ4v) is 4.03. The molecule has 0 amide bonds. The molecular weight excluding hydrogens is 434 g/mol. The predicted molar refractivity (Wildman–Crippen MR) is 116 cm³/mol. The zero-order valence-electron chi connectivity index (χ0n) is 16.5. The summed E-state index contributed by atoms with van der Waals surface area (Å²) < 4.78 is 7.21. The topological polar surface area (TPSA) is 79.5 Å². The summed E-state index contributed by atoms with van der Waals surface area (Å²) >= 11 is 3.48. The number of halogens is 1. The minimum absolute atomic E-state index is 0.122. The molecule has 0 saturated heterocycles. The number of fused-ring (bicyclic) bond motifs is 2. The lowest BCUT2D eigenvalue weighted by molar-refractivity contribution is 0.111. The molecular formula is C20H22BrN5OSi. The smallest absolute Gasteiger partial charge is 0.236 e. The molecule has 0 spiro atoms. The number of H-pyrrole nitrogens is 2. The fourth-order valence-electron chi connectivity index (χ4n) is 3.03. The third-order valence-corrected chi connectivity index (χ3v) is 6.05. The maximum atomic E-state index is 6.31. The summed E-state index contributed by atoms with van der Waals surface area (Å²) in [5, 5.41) is 8.40. The summed E-state index contributed by atoms with van der Waals surface area (Å²) in [6.07, 6.45) is 1.74. The van der Waals surface area contributed by atoms with Crippen LogP contribution in [0, 0.1) is 0 Å². The maximum absolute atomic E-state index is 6.31. The van der Waals surface area contributed by atoms with Crippen LogP contribution in [-0.4, -0.2) is 34.9 Å². The quantitative estimate of drug-likeness (QED) is 0.406. The Morgan fingerprint density at radius 2 is 1.93 bits per heavy atom. The SMILES string of the molecule is CC(C)(C)[Si]OC(C)(C)c1cccc2[nH]c(-c3[nH]nc4ncc(Br)cc34)nc12. The number of pyridine rings is 1.